The molecule has 0 saturated carbocycles. The molecule has 0 radical (unpaired) electrons. The minimum atomic E-state index is -3.48. The quantitative estimate of drug-likeness (QED) is 0.756. The van der Waals surface area contributed by atoms with E-state index in [9.17, 15) is 17.6 Å². The fourth-order valence-electron chi connectivity index (χ4n) is 2.20. The molecular weight excluding hydrogens is 343 g/mol. The second-order valence-electron chi connectivity index (χ2n) is 5.60. The lowest BCUT2D eigenvalue weighted by molar-refractivity contribution is -0.116. The van der Waals surface area contributed by atoms with Gasteiger partial charge in [-0.1, -0.05) is 25.1 Å². The summed E-state index contributed by atoms with van der Waals surface area (Å²) in [6, 6.07) is 12.1. The normalized spacial score (nSPS) is 11.3. The Morgan fingerprint density at radius 2 is 1.84 bits per heavy atom. The molecule has 5 nitrogen and oxygen atoms in total. The number of carbonyl (C=O) groups is 1. The van der Waals surface area contributed by atoms with Crippen molar-refractivity contribution >= 4 is 21.6 Å². The van der Waals surface area contributed by atoms with Crippen molar-refractivity contribution in [1.82, 2.24) is 4.72 Å². The lowest BCUT2D eigenvalue weighted by Gasteiger charge is -2.07. The van der Waals surface area contributed by atoms with Gasteiger partial charge in [0.1, 0.15) is 5.82 Å². The summed E-state index contributed by atoms with van der Waals surface area (Å²) in [5.41, 5.74) is 1.26. The number of aryl methyl sites for hydroxylation is 1. The number of hydrogen-bond donors (Lipinski definition) is 2. The monoisotopic (exact) mass is 364 g/mol. The summed E-state index contributed by atoms with van der Waals surface area (Å²) in [7, 11) is -3.48. The van der Waals surface area contributed by atoms with E-state index in [1.165, 1.54) is 30.3 Å². The van der Waals surface area contributed by atoms with Crippen LogP contribution in [0, 0.1) is 5.82 Å². The van der Waals surface area contributed by atoms with Crippen molar-refractivity contribution in [3.63, 3.8) is 0 Å². The molecule has 0 fully saturated rings. The Labute approximate surface area is 147 Å². The van der Waals surface area contributed by atoms with Crippen molar-refractivity contribution in [3.8, 4) is 0 Å². The predicted molar refractivity (Wildman–Crippen MR) is 95.3 cm³/mol. The van der Waals surface area contributed by atoms with Gasteiger partial charge in [0, 0.05) is 18.7 Å². The maximum Gasteiger partial charge on any atom is 0.240 e. The van der Waals surface area contributed by atoms with Crippen LogP contribution in [0.2, 0.25) is 0 Å². The van der Waals surface area contributed by atoms with Crippen LogP contribution >= 0.6 is 0 Å². The smallest absolute Gasteiger partial charge is 0.240 e. The van der Waals surface area contributed by atoms with Gasteiger partial charge in [0.05, 0.1) is 4.90 Å². The summed E-state index contributed by atoms with van der Waals surface area (Å²) in [6.45, 7) is 2.28. The third kappa shape index (κ3) is 5.95. The fourth-order valence-corrected chi connectivity index (χ4v) is 3.34. The van der Waals surface area contributed by atoms with Gasteiger partial charge in [-0.15, -0.1) is 0 Å². The molecule has 0 heterocycles. The van der Waals surface area contributed by atoms with Crippen molar-refractivity contribution in [1.29, 1.82) is 0 Å². The van der Waals surface area contributed by atoms with E-state index in [0.717, 1.165) is 12.0 Å². The summed E-state index contributed by atoms with van der Waals surface area (Å²) < 4.78 is 39.6. The molecule has 2 aromatic carbocycles. The number of sulfonamides is 1. The molecule has 0 aliphatic heterocycles. The van der Waals surface area contributed by atoms with Crippen molar-refractivity contribution in [2.45, 2.75) is 31.1 Å². The Hall–Kier alpha value is -2.25. The summed E-state index contributed by atoms with van der Waals surface area (Å²) in [5.74, 6) is -0.641. The second-order valence-corrected chi connectivity index (χ2v) is 7.37. The number of rotatable bonds is 8. The second kappa shape index (κ2) is 8.73. The molecule has 0 aliphatic rings. The molecule has 2 rings (SSSR count). The number of nitrogens with one attached hydrogen (secondary N) is 2. The maximum atomic E-state index is 13.1. The van der Waals surface area contributed by atoms with E-state index in [4.69, 9.17) is 0 Å². The molecule has 0 spiro atoms. The van der Waals surface area contributed by atoms with Gasteiger partial charge in [0.15, 0.2) is 0 Å². The highest BCUT2D eigenvalue weighted by Crippen LogP contribution is 2.13. The molecule has 0 bridgehead atoms. The summed E-state index contributed by atoms with van der Waals surface area (Å²) in [4.78, 5) is 12.1. The van der Waals surface area contributed by atoms with E-state index in [2.05, 4.69) is 10.0 Å². The molecule has 2 N–H and O–H groups in total. The van der Waals surface area contributed by atoms with E-state index in [1.54, 1.807) is 18.2 Å². The number of anilines is 1. The lowest BCUT2D eigenvalue weighted by atomic mass is 10.1. The van der Waals surface area contributed by atoms with Crippen molar-refractivity contribution in [3.05, 3.63) is 59.9 Å². The highest BCUT2D eigenvalue weighted by molar-refractivity contribution is 7.89. The highest BCUT2D eigenvalue weighted by Gasteiger charge is 2.12. The Balaban J connectivity index is 1.90. The molecule has 0 aliphatic carbocycles. The Morgan fingerprint density at radius 1 is 1.12 bits per heavy atom. The van der Waals surface area contributed by atoms with E-state index >= 15 is 0 Å². The van der Waals surface area contributed by atoms with Crippen LogP contribution in [0.5, 0.6) is 0 Å². The Kier molecular flexibility index (Phi) is 6.66. The number of amides is 1. The van der Waals surface area contributed by atoms with Crippen LogP contribution in [-0.2, 0) is 21.2 Å². The van der Waals surface area contributed by atoms with Crippen LogP contribution in [0.25, 0.3) is 0 Å². The summed E-state index contributed by atoms with van der Waals surface area (Å²) in [6.07, 6.45) is 1.40. The van der Waals surface area contributed by atoms with Crippen LogP contribution in [0.4, 0.5) is 10.1 Å². The standard InChI is InChI=1S/C18H21FN2O3S/c1-2-12-20-25(23,24)17-9-6-14(7-10-17)8-11-18(22)21-16-5-3-4-15(19)13-16/h3-7,9-10,13,20H,2,8,11-12H2,1H3,(H,21,22). The van der Waals surface area contributed by atoms with Gasteiger partial charge < -0.3 is 5.32 Å². The maximum absolute atomic E-state index is 13.1. The SMILES string of the molecule is CCCNS(=O)(=O)c1ccc(CCC(=O)Nc2cccc(F)c2)cc1. The van der Waals surface area contributed by atoms with E-state index in [-0.39, 0.29) is 17.2 Å². The minimum absolute atomic E-state index is 0.203. The first-order chi connectivity index (χ1) is 11.9. The molecular formula is C18H21FN2O3S. The Morgan fingerprint density at radius 3 is 2.48 bits per heavy atom. The van der Waals surface area contributed by atoms with Crippen molar-refractivity contribution < 1.29 is 17.6 Å². The van der Waals surface area contributed by atoms with Crippen molar-refractivity contribution in [2.75, 3.05) is 11.9 Å². The van der Waals surface area contributed by atoms with Crippen LogP contribution in [0.3, 0.4) is 0 Å². The number of benzene rings is 2. The zero-order valence-electron chi connectivity index (χ0n) is 14.0. The third-order valence-electron chi connectivity index (χ3n) is 3.52. The number of carbonyl (C=O) groups excluding carboxylic acids is 1. The first-order valence-corrected chi connectivity index (χ1v) is 9.53. The van der Waals surface area contributed by atoms with E-state index < -0.39 is 15.8 Å². The van der Waals surface area contributed by atoms with Gasteiger partial charge in [-0.2, -0.15) is 0 Å². The molecule has 1 amide bonds. The molecule has 0 unspecified atom stereocenters. The van der Waals surface area contributed by atoms with Gasteiger partial charge in [-0.25, -0.2) is 17.5 Å². The largest absolute Gasteiger partial charge is 0.326 e. The van der Waals surface area contributed by atoms with Crippen molar-refractivity contribution in [2.24, 2.45) is 0 Å². The molecule has 0 aromatic heterocycles. The first-order valence-electron chi connectivity index (χ1n) is 8.05. The lowest BCUT2D eigenvalue weighted by Crippen LogP contribution is -2.24. The Bertz CT molecular complexity index is 820. The number of halogens is 1. The van der Waals surface area contributed by atoms with Gasteiger partial charge in [0.25, 0.3) is 0 Å². The van der Waals surface area contributed by atoms with Crippen LogP contribution in [0.1, 0.15) is 25.3 Å². The zero-order chi connectivity index (χ0) is 18.3. The zero-order valence-corrected chi connectivity index (χ0v) is 14.8. The number of hydrogen-bond acceptors (Lipinski definition) is 3. The molecule has 0 saturated heterocycles. The average Bonchev–Trinajstić information content (AvgIpc) is 2.59. The van der Waals surface area contributed by atoms with Gasteiger partial charge in [0.2, 0.25) is 15.9 Å². The predicted octanol–water partition coefficient (Wildman–Crippen LogP) is 3.09. The van der Waals surface area contributed by atoms with Crippen LogP contribution < -0.4 is 10.0 Å². The van der Waals surface area contributed by atoms with Gasteiger partial charge >= 0.3 is 0 Å². The molecule has 25 heavy (non-hydrogen) atoms. The van der Waals surface area contributed by atoms with Gasteiger partial charge in [-0.05, 0) is 48.7 Å². The molecule has 134 valence electrons. The molecule has 2 aromatic rings. The van der Waals surface area contributed by atoms with E-state index in [1.807, 2.05) is 6.92 Å². The first kappa shape index (κ1) is 19.1. The minimum Gasteiger partial charge on any atom is -0.326 e. The van der Waals surface area contributed by atoms with Gasteiger partial charge in [-0.3, -0.25) is 4.79 Å². The topological polar surface area (TPSA) is 75.3 Å². The summed E-state index contributed by atoms with van der Waals surface area (Å²) in [5, 5.41) is 2.63. The molecule has 0 atom stereocenters. The van der Waals surface area contributed by atoms with Crippen LogP contribution in [-0.4, -0.2) is 20.9 Å². The average molecular weight is 364 g/mol. The summed E-state index contributed by atoms with van der Waals surface area (Å²) >= 11 is 0. The highest BCUT2D eigenvalue weighted by atomic mass is 32.2. The third-order valence-corrected chi connectivity index (χ3v) is 5.00. The van der Waals surface area contributed by atoms with E-state index in [0.29, 0.717) is 18.7 Å². The molecule has 7 heteroatoms. The fraction of sp³-hybridized carbons (Fsp3) is 0.278. The van der Waals surface area contributed by atoms with Crippen LogP contribution in [0.15, 0.2) is 53.4 Å².